The van der Waals surface area contributed by atoms with E-state index in [-0.39, 0.29) is 8.68 Å². The molecule has 112 valence electrons. The minimum atomic E-state index is -3.66. The molecule has 0 fully saturated rings. The van der Waals surface area contributed by atoms with Gasteiger partial charge in [0.05, 0.1) is 19.0 Å². The molecule has 0 spiro atoms. The second-order valence-corrected chi connectivity index (χ2v) is 8.28. The molecule has 1 aromatic carbocycles. The van der Waals surface area contributed by atoms with E-state index in [1.807, 2.05) is 12.1 Å². The van der Waals surface area contributed by atoms with Gasteiger partial charge in [-0.3, -0.25) is 4.31 Å². The number of sulfonamides is 1. The number of ether oxygens (including phenoxy) is 1. The van der Waals surface area contributed by atoms with Crippen LogP contribution in [0.25, 0.3) is 0 Å². The molecule has 3 rings (SSSR count). The second kappa shape index (κ2) is 5.47. The van der Waals surface area contributed by atoms with Gasteiger partial charge in [0.1, 0.15) is 5.75 Å². The van der Waals surface area contributed by atoms with Gasteiger partial charge in [-0.15, -0.1) is 0 Å². The molecule has 0 amide bonds. The number of fused-ring (bicyclic) bond motifs is 1. The van der Waals surface area contributed by atoms with Crippen LogP contribution in [0.3, 0.4) is 0 Å². The molecule has 0 radical (unpaired) electrons. The molecule has 1 aromatic heterocycles. The van der Waals surface area contributed by atoms with Crippen LogP contribution in [-0.4, -0.2) is 27.1 Å². The van der Waals surface area contributed by atoms with Crippen molar-refractivity contribution in [1.82, 2.24) is 4.98 Å². The number of rotatable bonds is 3. The summed E-state index contributed by atoms with van der Waals surface area (Å²) in [5.41, 5.74) is 1.59. The molecule has 0 aliphatic carbocycles. The lowest BCUT2D eigenvalue weighted by Gasteiger charge is -2.31. The number of aromatic nitrogens is 1. The molecule has 0 bridgehead atoms. The van der Waals surface area contributed by atoms with Crippen molar-refractivity contribution in [3.63, 3.8) is 0 Å². The number of hydrogen-bond donors (Lipinski definition) is 0. The van der Waals surface area contributed by atoms with Crippen LogP contribution in [-0.2, 0) is 16.4 Å². The predicted octanol–water partition coefficient (Wildman–Crippen LogP) is 2.95. The Morgan fingerprint density at radius 1 is 1.43 bits per heavy atom. The van der Waals surface area contributed by atoms with Gasteiger partial charge in [-0.05, 0) is 24.5 Å². The summed E-state index contributed by atoms with van der Waals surface area (Å²) in [5.74, 6) is 0.561. The Bertz CT molecular complexity index is 759. The summed E-state index contributed by atoms with van der Waals surface area (Å²) in [6.45, 7) is 0.422. The fourth-order valence-electron chi connectivity index (χ4n) is 2.45. The fraction of sp³-hybridized carbons (Fsp3) is 0.308. The molecular weight excluding hydrogens is 332 g/mol. The van der Waals surface area contributed by atoms with Gasteiger partial charge in [-0.2, -0.15) is 0 Å². The number of aryl methyl sites for hydroxylation is 1. The highest BCUT2D eigenvalue weighted by molar-refractivity contribution is 7.94. The number of halogens is 1. The number of thiazole rings is 1. The van der Waals surface area contributed by atoms with Crippen LogP contribution in [0, 0.1) is 0 Å². The van der Waals surface area contributed by atoms with Crippen molar-refractivity contribution in [3.05, 3.63) is 34.4 Å². The first-order chi connectivity index (χ1) is 10.0. The topological polar surface area (TPSA) is 59.5 Å². The van der Waals surface area contributed by atoms with Crippen LogP contribution in [0.15, 0.2) is 28.6 Å². The maximum absolute atomic E-state index is 12.8. The molecule has 8 heteroatoms. The van der Waals surface area contributed by atoms with Crippen molar-refractivity contribution < 1.29 is 13.2 Å². The van der Waals surface area contributed by atoms with Gasteiger partial charge in [-0.25, -0.2) is 13.4 Å². The van der Waals surface area contributed by atoms with E-state index in [2.05, 4.69) is 4.98 Å². The first kappa shape index (κ1) is 14.6. The third kappa shape index (κ3) is 2.49. The molecule has 0 N–H and O–H groups in total. The zero-order valence-electron chi connectivity index (χ0n) is 11.2. The average molecular weight is 345 g/mol. The third-order valence-corrected chi connectivity index (χ3v) is 6.71. The highest BCUT2D eigenvalue weighted by Crippen LogP contribution is 2.40. The van der Waals surface area contributed by atoms with E-state index in [0.29, 0.717) is 18.0 Å². The van der Waals surface area contributed by atoms with Gasteiger partial charge < -0.3 is 4.74 Å². The van der Waals surface area contributed by atoms with Gasteiger partial charge in [0, 0.05) is 6.54 Å². The normalized spacial score (nSPS) is 14.9. The number of benzene rings is 1. The van der Waals surface area contributed by atoms with Crippen molar-refractivity contribution in [2.75, 3.05) is 18.0 Å². The summed E-state index contributed by atoms with van der Waals surface area (Å²) >= 11 is 6.72. The molecule has 0 saturated heterocycles. The van der Waals surface area contributed by atoms with Crippen molar-refractivity contribution in [2.24, 2.45) is 0 Å². The van der Waals surface area contributed by atoms with E-state index < -0.39 is 10.0 Å². The Kier molecular flexibility index (Phi) is 3.81. The Morgan fingerprint density at radius 3 is 2.90 bits per heavy atom. The van der Waals surface area contributed by atoms with Gasteiger partial charge in [-0.1, -0.05) is 35.1 Å². The standard InChI is InChI=1S/C13H13ClN2O3S2/c1-19-10-6-2-4-9-5-3-7-16(12(9)10)21(17,18)11-8-15-13(14)20-11/h2,4,6,8H,3,5,7H2,1H3. The van der Waals surface area contributed by atoms with Gasteiger partial charge >= 0.3 is 0 Å². The van der Waals surface area contributed by atoms with E-state index in [1.165, 1.54) is 10.5 Å². The number of nitrogens with zero attached hydrogens (tertiary/aromatic N) is 2. The predicted molar refractivity (Wildman–Crippen MR) is 83.0 cm³/mol. The van der Waals surface area contributed by atoms with E-state index >= 15 is 0 Å². The first-order valence-corrected chi connectivity index (χ1v) is 8.97. The van der Waals surface area contributed by atoms with E-state index in [4.69, 9.17) is 16.3 Å². The third-order valence-electron chi connectivity index (χ3n) is 3.36. The van der Waals surface area contributed by atoms with E-state index in [9.17, 15) is 8.42 Å². The molecule has 2 heterocycles. The van der Waals surface area contributed by atoms with Gasteiger partial charge in [0.15, 0.2) is 8.68 Å². The van der Waals surface area contributed by atoms with Crippen molar-refractivity contribution >= 4 is 38.6 Å². The molecule has 0 saturated carbocycles. The zero-order chi connectivity index (χ0) is 15.0. The van der Waals surface area contributed by atoms with E-state index in [0.717, 1.165) is 29.7 Å². The molecule has 5 nitrogen and oxygen atoms in total. The van der Waals surface area contributed by atoms with Crippen molar-refractivity contribution in [2.45, 2.75) is 17.1 Å². The summed E-state index contributed by atoms with van der Waals surface area (Å²) in [6, 6.07) is 5.57. The van der Waals surface area contributed by atoms with Gasteiger partial charge in [0.2, 0.25) is 0 Å². The highest BCUT2D eigenvalue weighted by Gasteiger charge is 2.32. The van der Waals surface area contributed by atoms with Crippen LogP contribution >= 0.6 is 22.9 Å². The summed E-state index contributed by atoms with van der Waals surface area (Å²) < 4.78 is 32.7. The average Bonchev–Trinajstić information content (AvgIpc) is 2.93. The molecule has 2 aromatic rings. The van der Waals surface area contributed by atoms with Crippen LogP contribution in [0.5, 0.6) is 5.75 Å². The summed E-state index contributed by atoms with van der Waals surface area (Å²) in [5, 5.41) is 0. The lowest BCUT2D eigenvalue weighted by atomic mass is 10.0. The maximum Gasteiger partial charge on any atom is 0.275 e. The van der Waals surface area contributed by atoms with Gasteiger partial charge in [0.25, 0.3) is 10.0 Å². The van der Waals surface area contributed by atoms with Crippen LogP contribution in [0.1, 0.15) is 12.0 Å². The summed E-state index contributed by atoms with van der Waals surface area (Å²) in [7, 11) is -2.12. The molecule has 21 heavy (non-hydrogen) atoms. The van der Waals surface area contributed by atoms with Crippen LogP contribution < -0.4 is 9.04 Å². The summed E-state index contributed by atoms with van der Waals surface area (Å²) in [6.07, 6.45) is 2.90. The lowest BCUT2D eigenvalue weighted by molar-refractivity contribution is 0.414. The van der Waals surface area contributed by atoms with Crippen molar-refractivity contribution in [1.29, 1.82) is 0 Å². The molecule has 0 unspecified atom stereocenters. The highest BCUT2D eigenvalue weighted by atomic mass is 35.5. The second-order valence-electron chi connectivity index (χ2n) is 4.58. The molecule has 1 aliphatic heterocycles. The zero-order valence-corrected chi connectivity index (χ0v) is 13.6. The molecule has 1 aliphatic rings. The number of para-hydroxylation sites is 1. The van der Waals surface area contributed by atoms with Crippen LogP contribution in [0.2, 0.25) is 4.47 Å². The Balaban J connectivity index is 2.14. The SMILES string of the molecule is COc1cccc2c1N(S(=O)(=O)c1cnc(Cl)s1)CCC2. The molecular formula is C13H13ClN2O3S2. The van der Waals surface area contributed by atoms with Crippen LogP contribution in [0.4, 0.5) is 5.69 Å². The fourth-order valence-corrected chi connectivity index (χ4v) is 5.41. The minimum absolute atomic E-state index is 0.145. The first-order valence-electron chi connectivity index (χ1n) is 6.34. The number of methoxy groups -OCH3 is 1. The quantitative estimate of drug-likeness (QED) is 0.859. The summed E-state index contributed by atoms with van der Waals surface area (Å²) in [4.78, 5) is 3.82. The Labute approximate surface area is 132 Å². The number of hydrogen-bond acceptors (Lipinski definition) is 5. The monoisotopic (exact) mass is 344 g/mol. The smallest absolute Gasteiger partial charge is 0.275 e. The van der Waals surface area contributed by atoms with E-state index in [1.54, 1.807) is 13.2 Å². The maximum atomic E-state index is 12.8. The Hall–Kier alpha value is -1.31. The lowest BCUT2D eigenvalue weighted by Crippen LogP contribution is -2.35. The largest absolute Gasteiger partial charge is 0.495 e. The van der Waals surface area contributed by atoms with Crippen molar-refractivity contribution in [3.8, 4) is 5.75 Å². The Morgan fingerprint density at radius 2 is 2.24 bits per heavy atom. The minimum Gasteiger partial charge on any atom is -0.495 e. The molecule has 0 atom stereocenters. The number of anilines is 1.